The second-order valence-corrected chi connectivity index (χ2v) is 7.27. The van der Waals surface area contributed by atoms with Crippen molar-refractivity contribution in [3.8, 4) is 0 Å². The Morgan fingerprint density at radius 1 is 1.00 bits per heavy atom. The molecule has 20 heavy (non-hydrogen) atoms. The second kappa shape index (κ2) is 8.23. The van der Waals surface area contributed by atoms with Gasteiger partial charge in [0.25, 0.3) is 0 Å². The molecule has 0 aliphatic heterocycles. The van der Waals surface area contributed by atoms with E-state index in [0.717, 1.165) is 28.5 Å². The Kier molecular flexibility index (Phi) is 6.62. The topological polar surface area (TPSA) is 12.0 Å². The van der Waals surface area contributed by atoms with Crippen molar-refractivity contribution in [1.29, 1.82) is 0 Å². The smallest absolute Gasteiger partial charge is 0.0318 e. The zero-order valence-electron chi connectivity index (χ0n) is 11.3. The molecule has 0 unspecified atom stereocenters. The van der Waals surface area contributed by atoms with Crippen molar-refractivity contribution in [3.63, 3.8) is 0 Å². The van der Waals surface area contributed by atoms with Gasteiger partial charge in [-0.05, 0) is 74.7 Å². The van der Waals surface area contributed by atoms with Crippen LogP contribution in [-0.4, -0.2) is 6.54 Å². The van der Waals surface area contributed by atoms with Crippen LogP contribution in [0.3, 0.4) is 0 Å². The van der Waals surface area contributed by atoms with Gasteiger partial charge in [-0.2, -0.15) is 0 Å². The molecular formula is C16H17Br2NS. The van der Waals surface area contributed by atoms with Crippen LogP contribution < -0.4 is 5.32 Å². The summed E-state index contributed by atoms with van der Waals surface area (Å²) in [6.45, 7) is 4.16. The summed E-state index contributed by atoms with van der Waals surface area (Å²) < 4.78 is 2.28. The minimum absolute atomic E-state index is 0.923. The van der Waals surface area contributed by atoms with Crippen molar-refractivity contribution in [2.75, 3.05) is 6.54 Å². The van der Waals surface area contributed by atoms with Gasteiger partial charge in [-0.3, -0.25) is 0 Å². The van der Waals surface area contributed by atoms with E-state index in [9.17, 15) is 0 Å². The molecule has 106 valence electrons. The largest absolute Gasteiger partial charge is 0.313 e. The Morgan fingerprint density at radius 3 is 2.45 bits per heavy atom. The fraction of sp³-hybridized carbons (Fsp3) is 0.250. The Labute approximate surface area is 141 Å². The molecule has 0 aromatic heterocycles. The maximum Gasteiger partial charge on any atom is 0.0318 e. The molecule has 2 aromatic carbocycles. The van der Waals surface area contributed by atoms with Gasteiger partial charge in [0, 0.05) is 25.3 Å². The molecule has 0 heterocycles. The lowest BCUT2D eigenvalue weighted by Crippen LogP contribution is -2.13. The minimum atomic E-state index is 0.923. The van der Waals surface area contributed by atoms with E-state index in [4.69, 9.17) is 0 Å². The van der Waals surface area contributed by atoms with E-state index in [1.54, 1.807) is 11.8 Å². The summed E-state index contributed by atoms with van der Waals surface area (Å²) in [5, 5.41) is 3.42. The zero-order valence-corrected chi connectivity index (χ0v) is 15.3. The number of rotatable bonds is 6. The third-order valence-electron chi connectivity index (χ3n) is 2.81. The number of benzene rings is 2. The Hall–Kier alpha value is -0.290. The van der Waals surface area contributed by atoms with Gasteiger partial charge in [-0.1, -0.05) is 36.9 Å². The second-order valence-electron chi connectivity index (χ2n) is 4.47. The van der Waals surface area contributed by atoms with Gasteiger partial charge in [0.2, 0.25) is 0 Å². The summed E-state index contributed by atoms with van der Waals surface area (Å²) in [5.74, 6) is 0. The van der Waals surface area contributed by atoms with E-state index >= 15 is 0 Å². The first-order valence-corrected chi connectivity index (χ1v) is 9.02. The molecule has 2 aromatic rings. The maximum atomic E-state index is 3.67. The van der Waals surface area contributed by atoms with E-state index in [1.165, 1.54) is 15.4 Å². The summed E-state index contributed by atoms with van der Waals surface area (Å²) in [5.41, 5.74) is 1.31. The predicted molar refractivity (Wildman–Crippen MR) is 94.4 cm³/mol. The predicted octanol–water partition coefficient (Wildman–Crippen LogP) is 5.86. The van der Waals surface area contributed by atoms with E-state index < -0.39 is 0 Å². The zero-order chi connectivity index (χ0) is 14.4. The average molecular weight is 415 g/mol. The van der Waals surface area contributed by atoms with Crippen LogP contribution in [0.15, 0.2) is 61.2 Å². The first kappa shape index (κ1) is 16.1. The molecular weight excluding hydrogens is 398 g/mol. The molecule has 0 radical (unpaired) electrons. The van der Waals surface area contributed by atoms with Gasteiger partial charge in [0.05, 0.1) is 0 Å². The highest BCUT2D eigenvalue weighted by Gasteiger charge is 2.06. The molecule has 1 nitrogen and oxygen atoms in total. The van der Waals surface area contributed by atoms with Crippen molar-refractivity contribution in [3.05, 3.63) is 57.0 Å². The van der Waals surface area contributed by atoms with E-state index in [2.05, 4.69) is 80.5 Å². The van der Waals surface area contributed by atoms with Crippen LogP contribution in [0.4, 0.5) is 0 Å². The van der Waals surface area contributed by atoms with Crippen LogP contribution in [0.5, 0.6) is 0 Å². The van der Waals surface area contributed by atoms with Crippen LogP contribution >= 0.6 is 43.6 Å². The Bertz CT molecular complexity index is 572. The molecule has 0 aliphatic rings. The molecule has 0 amide bonds. The summed E-state index contributed by atoms with van der Waals surface area (Å²) in [6.07, 6.45) is 1.16. The molecule has 0 bridgehead atoms. The molecule has 4 heteroatoms. The fourth-order valence-corrected chi connectivity index (χ4v) is 3.83. The third-order valence-corrected chi connectivity index (χ3v) is 5.83. The molecule has 0 atom stereocenters. The summed E-state index contributed by atoms with van der Waals surface area (Å²) >= 11 is 9.03. The van der Waals surface area contributed by atoms with Gasteiger partial charge in [0.1, 0.15) is 0 Å². The van der Waals surface area contributed by atoms with Crippen LogP contribution in [0.1, 0.15) is 18.9 Å². The van der Waals surface area contributed by atoms with Crippen LogP contribution in [0.2, 0.25) is 0 Å². The average Bonchev–Trinajstić information content (AvgIpc) is 2.44. The monoisotopic (exact) mass is 413 g/mol. The molecule has 0 fully saturated rings. The highest BCUT2D eigenvalue weighted by atomic mass is 79.9. The van der Waals surface area contributed by atoms with E-state index in [0.29, 0.717) is 0 Å². The van der Waals surface area contributed by atoms with Gasteiger partial charge in [-0.25, -0.2) is 0 Å². The van der Waals surface area contributed by atoms with Crippen LogP contribution in [0.25, 0.3) is 0 Å². The Morgan fingerprint density at radius 2 is 1.75 bits per heavy atom. The molecule has 0 saturated heterocycles. The third kappa shape index (κ3) is 4.62. The van der Waals surface area contributed by atoms with E-state index in [1.807, 2.05) is 6.07 Å². The number of hydrogen-bond acceptors (Lipinski definition) is 2. The lowest BCUT2D eigenvalue weighted by Gasteiger charge is -2.09. The van der Waals surface area contributed by atoms with Gasteiger partial charge in [0.15, 0.2) is 0 Å². The molecule has 2 rings (SSSR count). The molecule has 1 N–H and O–H groups in total. The summed E-state index contributed by atoms with van der Waals surface area (Å²) in [7, 11) is 0. The molecule has 0 saturated carbocycles. The lowest BCUT2D eigenvalue weighted by atomic mass is 10.2. The van der Waals surface area contributed by atoms with Gasteiger partial charge in [-0.15, -0.1) is 0 Å². The normalized spacial score (nSPS) is 10.8. The van der Waals surface area contributed by atoms with Crippen LogP contribution in [-0.2, 0) is 6.54 Å². The van der Waals surface area contributed by atoms with Crippen LogP contribution in [0, 0.1) is 0 Å². The van der Waals surface area contributed by atoms with Gasteiger partial charge >= 0.3 is 0 Å². The summed E-state index contributed by atoms with van der Waals surface area (Å²) in [6, 6.07) is 14.8. The van der Waals surface area contributed by atoms with Crippen molar-refractivity contribution < 1.29 is 0 Å². The van der Waals surface area contributed by atoms with Crippen molar-refractivity contribution in [2.24, 2.45) is 0 Å². The first-order valence-electron chi connectivity index (χ1n) is 6.62. The van der Waals surface area contributed by atoms with Crippen molar-refractivity contribution >= 4 is 43.6 Å². The summed E-state index contributed by atoms with van der Waals surface area (Å²) in [4.78, 5) is 2.46. The molecule has 0 spiro atoms. The first-order chi connectivity index (χ1) is 9.70. The minimum Gasteiger partial charge on any atom is -0.313 e. The SMILES string of the molecule is CCCNCc1ccc(Sc2ccccc2Br)c(Br)c1. The number of halogens is 2. The quantitative estimate of drug-likeness (QED) is 0.593. The standard InChI is InChI=1S/C16H17Br2NS/c1-2-9-19-11-12-7-8-16(14(18)10-12)20-15-6-4-3-5-13(15)17/h3-8,10,19H,2,9,11H2,1H3. The highest BCUT2D eigenvalue weighted by molar-refractivity contribution is 9.11. The molecule has 0 aliphatic carbocycles. The maximum absolute atomic E-state index is 3.67. The highest BCUT2D eigenvalue weighted by Crippen LogP contribution is 2.37. The van der Waals surface area contributed by atoms with Gasteiger partial charge < -0.3 is 5.32 Å². The van der Waals surface area contributed by atoms with E-state index in [-0.39, 0.29) is 0 Å². The van der Waals surface area contributed by atoms with Crippen molar-refractivity contribution in [1.82, 2.24) is 5.32 Å². The van der Waals surface area contributed by atoms with Crippen molar-refractivity contribution in [2.45, 2.75) is 29.7 Å². The fourth-order valence-electron chi connectivity index (χ4n) is 1.79. The Balaban J connectivity index is 2.08. The number of nitrogens with one attached hydrogen (secondary N) is 1. The number of hydrogen-bond donors (Lipinski definition) is 1. The lowest BCUT2D eigenvalue weighted by molar-refractivity contribution is 0.675.